The Morgan fingerprint density at radius 1 is 1.38 bits per heavy atom. The van der Waals surface area contributed by atoms with Gasteiger partial charge in [0, 0.05) is 10.8 Å². The molecule has 2 N–H and O–H groups in total. The second-order valence-corrected chi connectivity index (χ2v) is 5.09. The molecule has 0 unspecified atom stereocenters. The fourth-order valence-electron chi connectivity index (χ4n) is 1.34. The van der Waals surface area contributed by atoms with Crippen molar-refractivity contribution in [2.24, 2.45) is 5.73 Å². The molecule has 90 valence electrons. The van der Waals surface area contributed by atoms with E-state index < -0.39 is 0 Å². The first-order valence-electron chi connectivity index (χ1n) is 4.98. The van der Waals surface area contributed by atoms with Crippen molar-refractivity contribution in [3.63, 3.8) is 0 Å². The zero-order chi connectivity index (χ0) is 12.0. The minimum absolute atomic E-state index is 0.551. The Morgan fingerprint density at radius 2 is 2.12 bits per heavy atom. The van der Waals surface area contributed by atoms with Crippen LogP contribution >= 0.6 is 35.0 Å². The summed E-state index contributed by atoms with van der Waals surface area (Å²) in [4.78, 5) is 0. The number of benzene rings is 1. The molecule has 2 nitrogen and oxygen atoms in total. The van der Waals surface area contributed by atoms with Gasteiger partial charge in [0.15, 0.2) is 0 Å². The summed E-state index contributed by atoms with van der Waals surface area (Å²) in [6, 6.07) is 3.55. The van der Waals surface area contributed by atoms with Crippen LogP contribution in [0.25, 0.3) is 0 Å². The molecule has 0 amide bonds. The molecule has 16 heavy (non-hydrogen) atoms. The van der Waals surface area contributed by atoms with Crippen LogP contribution in [0.1, 0.15) is 5.56 Å². The van der Waals surface area contributed by atoms with Crippen molar-refractivity contribution in [1.29, 1.82) is 0 Å². The Labute approximate surface area is 110 Å². The van der Waals surface area contributed by atoms with Gasteiger partial charge < -0.3 is 10.5 Å². The summed E-state index contributed by atoms with van der Waals surface area (Å²) < 4.78 is 5.65. The standard InChI is InChI=1S/C11H15Cl2NOS/c1-16-5-4-15-11-8(2-3-14)6-9(12)7-10(11)13/h6-7H,2-5,14H2,1H3. The van der Waals surface area contributed by atoms with E-state index in [1.807, 2.05) is 12.3 Å². The summed E-state index contributed by atoms with van der Waals surface area (Å²) in [5.74, 6) is 1.65. The molecule has 0 atom stereocenters. The molecule has 0 heterocycles. The third-order valence-electron chi connectivity index (χ3n) is 2.03. The van der Waals surface area contributed by atoms with Gasteiger partial charge in [-0.25, -0.2) is 0 Å². The van der Waals surface area contributed by atoms with Crippen LogP contribution in [-0.4, -0.2) is 25.2 Å². The quantitative estimate of drug-likeness (QED) is 0.812. The highest BCUT2D eigenvalue weighted by Gasteiger charge is 2.10. The zero-order valence-corrected chi connectivity index (χ0v) is 11.5. The Bertz CT molecular complexity index is 347. The number of hydrogen-bond donors (Lipinski definition) is 1. The van der Waals surface area contributed by atoms with Crippen LogP contribution in [0.5, 0.6) is 5.75 Å². The van der Waals surface area contributed by atoms with Crippen molar-refractivity contribution >= 4 is 35.0 Å². The van der Waals surface area contributed by atoms with E-state index in [1.165, 1.54) is 0 Å². The summed E-state index contributed by atoms with van der Waals surface area (Å²) >= 11 is 13.8. The van der Waals surface area contributed by atoms with Gasteiger partial charge in [-0.3, -0.25) is 0 Å². The highest BCUT2D eigenvalue weighted by atomic mass is 35.5. The molecule has 1 aromatic carbocycles. The van der Waals surface area contributed by atoms with Gasteiger partial charge in [-0.1, -0.05) is 23.2 Å². The van der Waals surface area contributed by atoms with Gasteiger partial charge in [0.05, 0.1) is 11.6 Å². The number of nitrogens with two attached hydrogens (primary N) is 1. The predicted octanol–water partition coefficient (Wildman–Crippen LogP) is 3.24. The minimum atomic E-state index is 0.551. The average molecular weight is 280 g/mol. The molecule has 0 radical (unpaired) electrons. The second-order valence-electron chi connectivity index (χ2n) is 3.26. The van der Waals surface area contributed by atoms with Crippen LogP contribution < -0.4 is 10.5 Å². The van der Waals surface area contributed by atoms with Crippen LogP contribution in [0.15, 0.2) is 12.1 Å². The summed E-state index contributed by atoms with van der Waals surface area (Å²) in [5, 5.41) is 1.17. The lowest BCUT2D eigenvalue weighted by molar-refractivity contribution is 0.340. The third-order valence-corrected chi connectivity index (χ3v) is 3.11. The Kier molecular flexibility index (Phi) is 6.36. The van der Waals surface area contributed by atoms with Crippen LogP contribution in [-0.2, 0) is 6.42 Å². The topological polar surface area (TPSA) is 35.2 Å². The maximum atomic E-state index is 6.09. The van der Waals surface area contributed by atoms with Gasteiger partial charge in [0.2, 0.25) is 0 Å². The summed E-state index contributed by atoms with van der Waals surface area (Å²) in [7, 11) is 0. The van der Waals surface area contributed by atoms with Crippen LogP contribution in [0.2, 0.25) is 10.0 Å². The first kappa shape index (κ1) is 14.0. The van der Waals surface area contributed by atoms with E-state index in [1.54, 1.807) is 17.8 Å². The molecule has 0 spiro atoms. The molecule has 1 rings (SSSR count). The van der Waals surface area contributed by atoms with Crippen molar-refractivity contribution in [1.82, 2.24) is 0 Å². The van der Waals surface area contributed by atoms with Gasteiger partial charge in [-0.05, 0) is 36.9 Å². The third kappa shape index (κ3) is 4.06. The molecular weight excluding hydrogens is 265 g/mol. The molecule has 0 aromatic heterocycles. The number of hydrogen-bond acceptors (Lipinski definition) is 3. The molecule has 5 heteroatoms. The first-order valence-corrected chi connectivity index (χ1v) is 7.13. The van der Waals surface area contributed by atoms with E-state index in [2.05, 4.69) is 0 Å². The lowest BCUT2D eigenvalue weighted by Crippen LogP contribution is -2.07. The van der Waals surface area contributed by atoms with E-state index >= 15 is 0 Å². The number of rotatable bonds is 6. The molecule has 0 aliphatic carbocycles. The Balaban J connectivity index is 2.85. The van der Waals surface area contributed by atoms with E-state index in [0.29, 0.717) is 28.9 Å². The summed E-state index contributed by atoms with van der Waals surface area (Å²) in [6.07, 6.45) is 2.75. The Morgan fingerprint density at radius 3 is 2.75 bits per heavy atom. The number of thioether (sulfide) groups is 1. The van der Waals surface area contributed by atoms with Crippen molar-refractivity contribution in [2.45, 2.75) is 6.42 Å². The zero-order valence-electron chi connectivity index (χ0n) is 9.13. The van der Waals surface area contributed by atoms with Crippen LogP contribution in [0.4, 0.5) is 0 Å². The molecule has 0 bridgehead atoms. The fraction of sp³-hybridized carbons (Fsp3) is 0.455. The molecular formula is C11H15Cl2NOS. The fourth-order valence-corrected chi connectivity index (χ4v) is 2.18. The van der Waals surface area contributed by atoms with Gasteiger partial charge in [-0.15, -0.1) is 0 Å². The van der Waals surface area contributed by atoms with E-state index in [-0.39, 0.29) is 0 Å². The highest BCUT2D eigenvalue weighted by Crippen LogP contribution is 2.32. The largest absolute Gasteiger partial charge is 0.491 e. The van der Waals surface area contributed by atoms with Crippen LogP contribution in [0.3, 0.4) is 0 Å². The minimum Gasteiger partial charge on any atom is -0.491 e. The second kappa shape index (κ2) is 7.28. The average Bonchev–Trinajstić information content (AvgIpc) is 2.22. The number of halogens is 2. The summed E-state index contributed by atoms with van der Waals surface area (Å²) in [5.41, 5.74) is 6.51. The smallest absolute Gasteiger partial charge is 0.141 e. The van der Waals surface area contributed by atoms with E-state index in [0.717, 1.165) is 17.7 Å². The van der Waals surface area contributed by atoms with E-state index in [4.69, 9.17) is 33.7 Å². The number of ether oxygens (including phenoxy) is 1. The van der Waals surface area contributed by atoms with Gasteiger partial charge in [0.25, 0.3) is 0 Å². The molecule has 1 aromatic rings. The van der Waals surface area contributed by atoms with Crippen LogP contribution in [0, 0.1) is 0 Å². The van der Waals surface area contributed by atoms with Gasteiger partial charge >= 0.3 is 0 Å². The lowest BCUT2D eigenvalue weighted by Gasteiger charge is -2.13. The van der Waals surface area contributed by atoms with E-state index in [9.17, 15) is 0 Å². The maximum Gasteiger partial charge on any atom is 0.141 e. The summed E-state index contributed by atoms with van der Waals surface area (Å²) in [6.45, 7) is 1.19. The molecule has 0 fully saturated rings. The molecule has 0 aliphatic rings. The maximum absolute atomic E-state index is 6.09. The highest BCUT2D eigenvalue weighted by molar-refractivity contribution is 7.98. The normalized spacial score (nSPS) is 10.5. The molecule has 0 saturated carbocycles. The monoisotopic (exact) mass is 279 g/mol. The lowest BCUT2D eigenvalue weighted by atomic mass is 10.1. The molecule has 0 saturated heterocycles. The molecule has 0 aliphatic heterocycles. The predicted molar refractivity (Wildman–Crippen MR) is 73.1 cm³/mol. The van der Waals surface area contributed by atoms with Crippen molar-refractivity contribution < 1.29 is 4.74 Å². The van der Waals surface area contributed by atoms with Crippen molar-refractivity contribution in [3.8, 4) is 5.75 Å². The van der Waals surface area contributed by atoms with Gasteiger partial charge in [-0.2, -0.15) is 11.8 Å². The van der Waals surface area contributed by atoms with Crippen molar-refractivity contribution in [2.75, 3.05) is 25.2 Å². The SMILES string of the molecule is CSCCOc1c(Cl)cc(Cl)cc1CCN. The Hall–Kier alpha value is -0.0900. The first-order chi connectivity index (χ1) is 7.69. The van der Waals surface area contributed by atoms with Gasteiger partial charge in [0.1, 0.15) is 5.75 Å². The van der Waals surface area contributed by atoms with Crippen molar-refractivity contribution in [3.05, 3.63) is 27.7 Å².